The molecule has 4 nitrogen and oxygen atoms in total. The molecule has 0 unspecified atom stereocenters. The molecule has 1 aromatic carbocycles. The minimum atomic E-state index is -0.102. The number of rotatable bonds is 3. The third kappa shape index (κ3) is 3.03. The van der Waals surface area contributed by atoms with Crippen molar-refractivity contribution in [2.45, 2.75) is 13.8 Å². The van der Waals surface area contributed by atoms with Crippen molar-refractivity contribution in [3.05, 3.63) is 51.1 Å². The van der Waals surface area contributed by atoms with Gasteiger partial charge in [-0.05, 0) is 43.7 Å². The number of aryl methyl sites for hydroxylation is 2. The summed E-state index contributed by atoms with van der Waals surface area (Å²) >= 11 is 11.9. The summed E-state index contributed by atoms with van der Waals surface area (Å²) in [6, 6.07) is 6.73. The number of aromatic nitrogens is 1. The second-order valence-corrected chi connectivity index (χ2v) is 5.19. The molecule has 0 saturated carbocycles. The van der Waals surface area contributed by atoms with Crippen molar-refractivity contribution in [1.29, 1.82) is 5.41 Å². The van der Waals surface area contributed by atoms with E-state index in [1.165, 1.54) is 0 Å². The molecule has 0 saturated heterocycles. The van der Waals surface area contributed by atoms with Crippen LogP contribution < -0.4 is 10.5 Å². The van der Waals surface area contributed by atoms with Crippen molar-refractivity contribution in [2.24, 2.45) is 5.73 Å². The summed E-state index contributed by atoms with van der Waals surface area (Å²) in [5.41, 5.74) is 7.65. The van der Waals surface area contributed by atoms with E-state index in [2.05, 4.69) is 4.98 Å². The molecule has 6 heteroatoms. The molecule has 0 aliphatic rings. The number of nitrogens with one attached hydrogen (secondary N) is 1. The number of hydrogen-bond acceptors (Lipinski definition) is 3. The first-order chi connectivity index (χ1) is 9.38. The number of benzene rings is 1. The van der Waals surface area contributed by atoms with Crippen LogP contribution in [-0.2, 0) is 0 Å². The molecule has 2 aromatic rings. The summed E-state index contributed by atoms with van der Waals surface area (Å²) in [6.45, 7) is 3.69. The normalized spacial score (nSPS) is 10.4. The Balaban J connectivity index is 2.50. The Labute approximate surface area is 127 Å². The predicted molar refractivity (Wildman–Crippen MR) is 81.3 cm³/mol. The Kier molecular flexibility index (Phi) is 4.16. The van der Waals surface area contributed by atoms with Crippen molar-refractivity contribution >= 4 is 29.0 Å². The maximum absolute atomic E-state index is 7.64. The van der Waals surface area contributed by atoms with Crippen LogP contribution in [0.3, 0.4) is 0 Å². The minimum Gasteiger partial charge on any atom is -0.437 e. The molecule has 0 atom stereocenters. The van der Waals surface area contributed by atoms with E-state index in [0.29, 0.717) is 21.4 Å². The molecule has 0 spiro atoms. The van der Waals surface area contributed by atoms with Gasteiger partial charge in [0.25, 0.3) is 0 Å². The van der Waals surface area contributed by atoms with E-state index >= 15 is 0 Å². The predicted octanol–water partition coefficient (Wildman–Crippen LogP) is 4.08. The number of pyridine rings is 1. The molecule has 0 aliphatic heterocycles. The summed E-state index contributed by atoms with van der Waals surface area (Å²) in [7, 11) is 0. The SMILES string of the molecule is Cc1cc(C)c(C(=N)N)c(Oc2ccc(Cl)cc2Cl)n1. The largest absolute Gasteiger partial charge is 0.437 e. The fraction of sp³-hybridized carbons (Fsp3) is 0.143. The van der Waals surface area contributed by atoms with Crippen LogP contribution in [0.5, 0.6) is 11.6 Å². The average Bonchev–Trinajstić information content (AvgIpc) is 2.31. The van der Waals surface area contributed by atoms with Gasteiger partial charge >= 0.3 is 0 Å². The van der Waals surface area contributed by atoms with Gasteiger partial charge in [-0.1, -0.05) is 23.2 Å². The standard InChI is InChI=1S/C14H13Cl2N3O/c1-7-5-8(2)19-14(12(7)13(17)18)20-11-4-3-9(15)6-10(11)16/h3-6H,1-2H3,(H3,17,18). The summed E-state index contributed by atoms with van der Waals surface area (Å²) in [5.74, 6) is 0.574. The summed E-state index contributed by atoms with van der Waals surface area (Å²) in [4.78, 5) is 4.28. The molecule has 104 valence electrons. The zero-order chi connectivity index (χ0) is 14.9. The van der Waals surface area contributed by atoms with E-state index in [-0.39, 0.29) is 11.7 Å². The topological polar surface area (TPSA) is 72.0 Å². The number of nitrogen functional groups attached to an aromatic ring is 1. The van der Waals surface area contributed by atoms with Crippen LogP contribution in [0, 0.1) is 19.3 Å². The van der Waals surface area contributed by atoms with Gasteiger partial charge in [0, 0.05) is 10.7 Å². The van der Waals surface area contributed by atoms with Gasteiger partial charge in [0.15, 0.2) is 0 Å². The molecule has 0 bridgehead atoms. The van der Waals surface area contributed by atoms with Crippen molar-refractivity contribution in [2.75, 3.05) is 0 Å². The number of halogens is 2. The van der Waals surface area contributed by atoms with Crippen molar-refractivity contribution in [3.8, 4) is 11.6 Å². The van der Waals surface area contributed by atoms with Crippen LogP contribution in [0.25, 0.3) is 0 Å². The first-order valence-electron chi connectivity index (χ1n) is 5.84. The number of nitrogens with two attached hydrogens (primary N) is 1. The molecular formula is C14H13Cl2N3O. The van der Waals surface area contributed by atoms with Gasteiger partial charge in [-0.15, -0.1) is 0 Å². The first-order valence-corrected chi connectivity index (χ1v) is 6.59. The number of hydrogen-bond donors (Lipinski definition) is 2. The van der Waals surface area contributed by atoms with E-state index in [9.17, 15) is 0 Å². The highest BCUT2D eigenvalue weighted by Crippen LogP contribution is 2.33. The van der Waals surface area contributed by atoms with E-state index < -0.39 is 0 Å². The van der Waals surface area contributed by atoms with Crippen LogP contribution in [0.15, 0.2) is 24.3 Å². The van der Waals surface area contributed by atoms with Gasteiger partial charge < -0.3 is 10.5 Å². The van der Waals surface area contributed by atoms with Gasteiger partial charge in [0.2, 0.25) is 5.88 Å². The van der Waals surface area contributed by atoms with Crippen LogP contribution >= 0.6 is 23.2 Å². The molecular weight excluding hydrogens is 297 g/mol. The molecule has 0 amide bonds. The van der Waals surface area contributed by atoms with Crippen molar-refractivity contribution < 1.29 is 4.74 Å². The lowest BCUT2D eigenvalue weighted by molar-refractivity contribution is 0.460. The van der Waals surface area contributed by atoms with E-state index in [1.54, 1.807) is 18.2 Å². The average molecular weight is 310 g/mol. The zero-order valence-electron chi connectivity index (χ0n) is 11.0. The monoisotopic (exact) mass is 309 g/mol. The number of amidine groups is 1. The lowest BCUT2D eigenvalue weighted by Crippen LogP contribution is -2.15. The third-order valence-electron chi connectivity index (χ3n) is 2.68. The lowest BCUT2D eigenvalue weighted by Gasteiger charge is -2.13. The van der Waals surface area contributed by atoms with Gasteiger partial charge in [-0.3, -0.25) is 5.41 Å². The Morgan fingerprint density at radius 1 is 1.25 bits per heavy atom. The molecule has 20 heavy (non-hydrogen) atoms. The fourth-order valence-corrected chi connectivity index (χ4v) is 2.31. The van der Waals surface area contributed by atoms with E-state index in [1.807, 2.05) is 19.9 Å². The maximum atomic E-state index is 7.64. The molecule has 1 aromatic heterocycles. The second-order valence-electron chi connectivity index (χ2n) is 4.35. The summed E-state index contributed by atoms with van der Waals surface area (Å²) in [6.07, 6.45) is 0. The molecule has 0 fully saturated rings. The zero-order valence-corrected chi connectivity index (χ0v) is 12.5. The number of ether oxygens (including phenoxy) is 1. The van der Waals surface area contributed by atoms with Crippen molar-refractivity contribution in [1.82, 2.24) is 4.98 Å². The van der Waals surface area contributed by atoms with E-state index in [4.69, 9.17) is 39.1 Å². The highest BCUT2D eigenvalue weighted by atomic mass is 35.5. The van der Waals surface area contributed by atoms with Crippen LogP contribution in [0.4, 0.5) is 0 Å². The molecule has 3 N–H and O–H groups in total. The van der Waals surface area contributed by atoms with Gasteiger partial charge in [-0.2, -0.15) is 0 Å². The molecule has 0 radical (unpaired) electrons. The quantitative estimate of drug-likeness (QED) is 0.662. The molecule has 2 rings (SSSR count). The number of nitrogens with zero attached hydrogens (tertiary/aromatic N) is 1. The van der Waals surface area contributed by atoms with Gasteiger partial charge in [-0.25, -0.2) is 4.98 Å². The van der Waals surface area contributed by atoms with Gasteiger partial charge in [0.05, 0.1) is 10.6 Å². The smallest absolute Gasteiger partial charge is 0.230 e. The highest BCUT2D eigenvalue weighted by molar-refractivity contribution is 6.35. The lowest BCUT2D eigenvalue weighted by atomic mass is 10.1. The third-order valence-corrected chi connectivity index (χ3v) is 3.21. The Bertz CT molecular complexity index is 686. The Morgan fingerprint density at radius 3 is 2.55 bits per heavy atom. The summed E-state index contributed by atoms with van der Waals surface area (Å²) in [5, 5.41) is 8.53. The van der Waals surface area contributed by atoms with Gasteiger partial charge in [0.1, 0.15) is 11.6 Å². The molecule has 1 heterocycles. The summed E-state index contributed by atoms with van der Waals surface area (Å²) < 4.78 is 5.70. The maximum Gasteiger partial charge on any atom is 0.230 e. The van der Waals surface area contributed by atoms with Crippen molar-refractivity contribution in [3.63, 3.8) is 0 Å². The fourth-order valence-electron chi connectivity index (χ4n) is 1.87. The Morgan fingerprint density at radius 2 is 1.95 bits per heavy atom. The molecule has 0 aliphatic carbocycles. The van der Waals surface area contributed by atoms with Crippen LogP contribution in [0.1, 0.15) is 16.8 Å². The Hall–Kier alpha value is -1.78. The van der Waals surface area contributed by atoms with E-state index in [0.717, 1.165) is 11.3 Å². The highest BCUT2D eigenvalue weighted by Gasteiger charge is 2.15. The minimum absolute atomic E-state index is 0.102. The van der Waals surface area contributed by atoms with Crippen LogP contribution in [0.2, 0.25) is 10.0 Å². The second kappa shape index (κ2) is 5.69. The first kappa shape index (κ1) is 14.6. The van der Waals surface area contributed by atoms with Crippen LogP contribution in [-0.4, -0.2) is 10.8 Å².